The van der Waals surface area contributed by atoms with Crippen molar-refractivity contribution in [3.63, 3.8) is 0 Å². The van der Waals surface area contributed by atoms with E-state index < -0.39 is 0 Å². The van der Waals surface area contributed by atoms with E-state index in [1.807, 2.05) is 26.0 Å². The second-order valence-corrected chi connectivity index (χ2v) is 11.9. The Bertz CT molecular complexity index is 744. The maximum Gasteiger partial charge on any atom is 0.123 e. The zero-order valence-corrected chi connectivity index (χ0v) is 21.1. The Morgan fingerprint density at radius 2 is 1.56 bits per heavy atom. The molecule has 1 aromatic carbocycles. The lowest BCUT2D eigenvalue weighted by molar-refractivity contribution is -0.126. The third-order valence-corrected chi connectivity index (χ3v) is 10.8. The van der Waals surface area contributed by atoms with Crippen molar-refractivity contribution in [3.05, 3.63) is 35.6 Å². The first kappa shape index (κ1) is 24.2. The third kappa shape index (κ3) is 4.30. The summed E-state index contributed by atoms with van der Waals surface area (Å²) >= 11 is 0. The minimum Gasteiger partial charge on any atom is -0.393 e. The highest BCUT2D eigenvalue weighted by atomic mass is 19.1. The van der Waals surface area contributed by atoms with Crippen molar-refractivity contribution in [2.24, 2.45) is 40.4 Å². The highest BCUT2D eigenvalue weighted by Crippen LogP contribution is 2.67. The molecule has 0 spiro atoms. The summed E-state index contributed by atoms with van der Waals surface area (Å²) in [6.07, 6.45) is 15.5. The number of halogens is 1. The van der Waals surface area contributed by atoms with Gasteiger partial charge in [-0.05, 0) is 135 Å². The van der Waals surface area contributed by atoms with Crippen LogP contribution >= 0.6 is 0 Å². The number of aliphatic hydroxyl groups excluding tert-OH is 1. The van der Waals surface area contributed by atoms with Gasteiger partial charge < -0.3 is 5.11 Å². The second-order valence-electron chi connectivity index (χ2n) is 11.9. The number of hydrogen-bond donors (Lipinski definition) is 1. The van der Waals surface area contributed by atoms with Crippen molar-refractivity contribution in [1.82, 2.24) is 0 Å². The predicted octanol–water partition coefficient (Wildman–Crippen LogP) is 8.19. The first-order chi connectivity index (χ1) is 15.4. The smallest absolute Gasteiger partial charge is 0.123 e. The first-order valence-corrected chi connectivity index (χ1v) is 13.8. The van der Waals surface area contributed by atoms with E-state index in [4.69, 9.17) is 0 Å². The molecule has 7 unspecified atom stereocenters. The minimum atomic E-state index is -0.127. The summed E-state index contributed by atoms with van der Waals surface area (Å²) in [5, 5.41) is 10.2. The molecule has 2 heteroatoms. The summed E-state index contributed by atoms with van der Waals surface area (Å²) < 4.78 is 13.2. The Hall–Kier alpha value is -0.890. The molecule has 0 bridgehead atoms. The zero-order chi connectivity index (χ0) is 22.9. The van der Waals surface area contributed by atoms with Crippen LogP contribution in [0.15, 0.2) is 24.3 Å². The van der Waals surface area contributed by atoms with E-state index >= 15 is 0 Å². The molecule has 4 aliphatic rings. The van der Waals surface area contributed by atoms with Crippen LogP contribution in [0.4, 0.5) is 4.39 Å². The number of rotatable bonds is 4. The van der Waals surface area contributed by atoms with Gasteiger partial charge in [-0.3, -0.25) is 0 Å². The number of aliphatic hydroxyl groups is 1. The molecule has 1 N–H and O–H groups in total. The fraction of sp³-hybridized carbons (Fsp3) is 0.800. The highest BCUT2D eigenvalue weighted by molar-refractivity contribution is 5.16. The van der Waals surface area contributed by atoms with Gasteiger partial charge in [0.05, 0.1) is 6.10 Å². The van der Waals surface area contributed by atoms with Gasteiger partial charge in [0.25, 0.3) is 0 Å². The molecule has 1 aromatic rings. The van der Waals surface area contributed by atoms with Crippen LogP contribution in [0.25, 0.3) is 0 Å². The molecule has 4 saturated carbocycles. The van der Waals surface area contributed by atoms with Crippen LogP contribution in [-0.4, -0.2) is 11.2 Å². The standard InChI is InChI=1S/C28H41FO.C2H6/c1-27-17-15-26-24(12-8-21-18-23(30)14-16-28(21,26)2)25(27)13-9-20(27)5-3-4-19-6-10-22(29)11-7-19;1-2/h6-7,10-11,20-21,23-26,30H,3-5,8-9,12-18H2,1-2H3;1-2H3/t20?,21?,23?,24-,25?,26?,27?,28?;/m0./s1. The predicted molar refractivity (Wildman–Crippen MR) is 132 cm³/mol. The van der Waals surface area contributed by atoms with Crippen molar-refractivity contribution in [2.45, 2.75) is 111 Å². The van der Waals surface area contributed by atoms with E-state index in [1.54, 1.807) is 12.1 Å². The molecule has 0 aliphatic heterocycles. The van der Waals surface area contributed by atoms with E-state index in [2.05, 4.69) is 13.8 Å². The topological polar surface area (TPSA) is 20.2 Å². The Morgan fingerprint density at radius 1 is 0.875 bits per heavy atom. The van der Waals surface area contributed by atoms with Crippen LogP contribution in [-0.2, 0) is 6.42 Å². The molecule has 5 rings (SSSR count). The van der Waals surface area contributed by atoms with Crippen LogP contribution in [0.5, 0.6) is 0 Å². The van der Waals surface area contributed by atoms with E-state index in [0.717, 1.165) is 48.9 Å². The second kappa shape index (κ2) is 9.77. The van der Waals surface area contributed by atoms with Crippen molar-refractivity contribution in [2.75, 3.05) is 0 Å². The lowest BCUT2D eigenvalue weighted by Gasteiger charge is -2.61. The molecular formula is C30H47FO. The van der Waals surface area contributed by atoms with Gasteiger partial charge in [0.1, 0.15) is 5.82 Å². The van der Waals surface area contributed by atoms with E-state index in [9.17, 15) is 9.50 Å². The molecule has 8 atom stereocenters. The lowest BCUT2D eigenvalue weighted by Crippen LogP contribution is -2.53. The van der Waals surface area contributed by atoms with Gasteiger partial charge in [0, 0.05) is 0 Å². The highest BCUT2D eigenvalue weighted by Gasteiger charge is 2.59. The minimum absolute atomic E-state index is 0.0366. The number of aryl methyl sites for hydroxylation is 1. The van der Waals surface area contributed by atoms with Crippen LogP contribution < -0.4 is 0 Å². The Morgan fingerprint density at radius 3 is 2.31 bits per heavy atom. The van der Waals surface area contributed by atoms with Crippen LogP contribution in [0.3, 0.4) is 0 Å². The average Bonchev–Trinajstić information content (AvgIpc) is 3.13. The van der Waals surface area contributed by atoms with Gasteiger partial charge in [-0.1, -0.05) is 39.8 Å². The summed E-state index contributed by atoms with van der Waals surface area (Å²) in [6.45, 7) is 9.24. The third-order valence-electron chi connectivity index (χ3n) is 10.8. The Balaban J connectivity index is 0.00000119. The molecule has 32 heavy (non-hydrogen) atoms. The van der Waals surface area contributed by atoms with Crippen LogP contribution in [0.1, 0.15) is 104 Å². The summed E-state index contributed by atoms with van der Waals surface area (Å²) in [7, 11) is 0. The number of fused-ring (bicyclic) bond motifs is 5. The van der Waals surface area contributed by atoms with Crippen LogP contribution in [0.2, 0.25) is 0 Å². The quantitative estimate of drug-likeness (QED) is 0.498. The fourth-order valence-corrected chi connectivity index (χ4v) is 9.02. The lowest BCUT2D eigenvalue weighted by atomic mass is 9.44. The fourth-order valence-electron chi connectivity index (χ4n) is 9.02. The molecule has 4 fully saturated rings. The van der Waals surface area contributed by atoms with E-state index in [1.165, 1.54) is 63.4 Å². The maximum absolute atomic E-state index is 13.2. The summed E-state index contributed by atoms with van der Waals surface area (Å²) in [6, 6.07) is 7.12. The molecule has 0 heterocycles. The van der Waals surface area contributed by atoms with Gasteiger partial charge in [0.15, 0.2) is 0 Å². The molecule has 1 nitrogen and oxygen atoms in total. The Kier molecular flexibility index (Phi) is 7.40. The molecule has 0 saturated heterocycles. The zero-order valence-electron chi connectivity index (χ0n) is 21.1. The molecule has 0 radical (unpaired) electrons. The van der Waals surface area contributed by atoms with Crippen molar-refractivity contribution >= 4 is 0 Å². The molecular weight excluding hydrogens is 395 g/mol. The normalized spacial score (nSPS) is 42.8. The number of hydrogen-bond acceptors (Lipinski definition) is 1. The largest absolute Gasteiger partial charge is 0.393 e. The van der Waals surface area contributed by atoms with E-state index in [-0.39, 0.29) is 11.9 Å². The molecule has 0 aromatic heterocycles. The molecule has 0 amide bonds. The first-order valence-electron chi connectivity index (χ1n) is 13.8. The van der Waals surface area contributed by atoms with Crippen LogP contribution in [0, 0.1) is 46.2 Å². The summed E-state index contributed by atoms with van der Waals surface area (Å²) in [5.74, 6) is 4.28. The Labute approximate surface area is 196 Å². The molecule has 4 aliphatic carbocycles. The van der Waals surface area contributed by atoms with E-state index in [0.29, 0.717) is 10.8 Å². The monoisotopic (exact) mass is 442 g/mol. The van der Waals surface area contributed by atoms with Gasteiger partial charge in [-0.2, -0.15) is 0 Å². The average molecular weight is 443 g/mol. The summed E-state index contributed by atoms with van der Waals surface area (Å²) in [4.78, 5) is 0. The molecule has 180 valence electrons. The summed E-state index contributed by atoms with van der Waals surface area (Å²) in [5.41, 5.74) is 2.32. The SMILES string of the molecule is CC.CC12CCC3[C@@H](CCC4CC(O)CCC43C)C1CCC2CCCc1ccc(F)cc1. The van der Waals surface area contributed by atoms with Crippen molar-refractivity contribution < 1.29 is 9.50 Å². The van der Waals surface area contributed by atoms with Gasteiger partial charge in [-0.25, -0.2) is 4.39 Å². The van der Waals surface area contributed by atoms with Gasteiger partial charge in [-0.15, -0.1) is 0 Å². The van der Waals surface area contributed by atoms with Crippen molar-refractivity contribution in [1.29, 1.82) is 0 Å². The number of benzene rings is 1. The van der Waals surface area contributed by atoms with Crippen molar-refractivity contribution in [3.8, 4) is 0 Å². The van der Waals surface area contributed by atoms with Gasteiger partial charge in [0.2, 0.25) is 0 Å². The van der Waals surface area contributed by atoms with Gasteiger partial charge >= 0.3 is 0 Å². The maximum atomic E-state index is 13.2.